The average Bonchev–Trinajstić information content (AvgIpc) is 2.03. The first-order valence-electron chi connectivity index (χ1n) is 3.24. The summed E-state index contributed by atoms with van der Waals surface area (Å²) in [5.74, 6) is -3.27. The van der Waals surface area contributed by atoms with Gasteiger partial charge >= 0.3 is 0 Å². The fourth-order valence-corrected chi connectivity index (χ4v) is 0.762. The molecule has 13 heavy (non-hydrogen) atoms. The predicted octanol–water partition coefficient (Wildman–Crippen LogP) is 2.31. The summed E-state index contributed by atoms with van der Waals surface area (Å²) in [5.41, 5.74) is -0.974. The van der Waals surface area contributed by atoms with E-state index in [4.69, 9.17) is 0 Å². The Bertz CT molecular complexity index is 316. The van der Waals surface area contributed by atoms with Crippen molar-refractivity contribution >= 4 is 0 Å². The summed E-state index contributed by atoms with van der Waals surface area (Å²) in [4.78, 5) is 2.63. The van der Waals surface area contributed by atoms with Crippen molar-refractivity contribution in [2.24, 2.45) is 0 Å². The van der Waals surface area contributed by atoms with Crippen molar-refractivity contribution in [3.63, 3.8) is 0 Å². The Kier molecular flexibility index (Phi) is 2.69. The third-order valence-electron chi connectivity index (χ3n) is 1.38. The Morgan fingerprint density at radius 2 is 1.92 bits per heavy atom. The third-order valence-corrected chi connectivity index (χ3v) is 1.38. The monoisotopic (exact) mass is 195 g/mol. The largest absolute Gasteiger partial charge is 0.492 e. The molecule has 1 aromatic rings. The van der Waals surface area contributed by atoms with Crippen molar-refractivity contribution in [3.8, 4) is 5.75 Å². The maximum absolute atomic E-state index is 12.6. The van der Waals surface area contributed by atoms with E-state index in [2.05, 4.69) is 9.72 Å². The number of alkyl halides is 2. The van der Waals surface area contributed by atoms with Gasteiger partial charge in [0.1, 0.15) is 0 Å². The highest BCUT2D eigenvalue weighted by atomic mass is 19.3. The first kappa shape index (κ1) is 9.76. The molecule has 0 aliphatic rings. The Hall–Kier alpha value is -1.33. The van der Waals surface area contributed by atoms with Gasteiger partial charge in [0.2, 0.25) is 5.95 Å². The molecular weight excluding hydrogens is 190 g/mol. The van der Waals surface area contributed by atoms with E-state index < -0.39 is 29.6 Å². The van der Waals surface area contributed by atoms with Gasteiger partial charge in [0.25, 0.3) is 12.4 Å². The van der Waals surface area contributed by atoms with Gasteiger partial charge in [-0.2, -0.15) is 13.8 Å². The zero-order chi connectivity index (χ0) is 10.0. The van der Waals surface area contributed by atoms with E-state index in [-0.39, 0.29) is 0 Å². The van der Waals surface area contributed by atoms with Gasteiger partial charge in [-0.05, 0) is 6.07 Å². The second kappa shape index (κ2) is 3.59. The van der Waals surface area contributed by atoms with Crippen molar-refractivity contribution in [1.29, 1.82) is 0 Å². The second-order valence-electron chi connectivity index (χ2n) is 2.16. The number of halogens is 4. The molecule has 1 aromatic heterocycles. The van der Waals surface area contributed by atoms with Crippen molar-refractivity contribution in [1.82, 2.24) is 4.98 Å². The minimum Gasteiger partial charge on any atom is -0.492 e. The lowest BCUT2D eigenvalue weighted by molar-refractivity contribution is 0.144. The van der Waals surface area contributed by atoms with Gasteiger partial charge in [-0.15, -0.1) is 0 Å². The van der Waals surface area contributed by atoms with Crippen LogP contribution < -0.4 is 4.74 Å². The van der Waals surface area contributed by atoms with Crippen molar-refractivity contribution in [3.05, 3.63) is 23.5 Å². The van der Waals surface area contributed by atoms with Gasteiger partial charge < -0.3 is 4.74 Å². The summed E-state index contributed by atoms with van der Waals surface area (Å²) in [7, 11) is 1.08. The lowest BCUT2D eigenvalue weighted by Gasteiger charge is -2.04. The van der Waals surface area contributed by atoms with Crippen LogP contribution in [0.5, 0.6) is 5.75 Å². The summed E-state index contributed by atoms with van der Waals surface area (Å²) < 4.78 is 53.5. The fraction of sp³-hybridized carbons (Fsp3) is 0.286. The minimum atomic E-state index is -3.04. The first-order valence-corrected chi connectivity index (χ1v) is 3.24. The topological polar surface area (TPSA) is 22.1 Å². The SMILES string of the molecule is COc1cc(C(F)F)c(F)nc1F. The summed E-state index contributed by atoms with van der Waals surface area (Å²) in [6.45, 7) is 0. The van der Waals surface area contributed by atoms with E-state index in [0.717, 1.165) is 7.11 Å². The van der Waals surface area contributed by atoms with E-state index in [0.29, 0.717) is 6.07 Å². The molecule has 6 heteroatoms. The van der Waals surface area contributed by atoms with Gasteiger partial charge in [-0.1, -0.05) is 0 Å². The predicted molar refractivity (Wildman–Crippen MR) is 35.7 cm³/mol. The van der Waals surface area contributed by atoms with Crippen LogP contribution in [0.3, 0.4) is 0 Å². The van der Waals surface area contributed by atoms with Crippen molar-refractivity contribution < 1.29 is 22.3 Å². The number of hydrogen-bond acceptors (Lipinski definition) is 2. The highest BCUT2D eigenvalue weighted by Crippen LogP contribution is 2.26. The van der Waals surface area contributed by atoms with Crippen LogP contribution in [0.15, 0.2) is 6.07 Å². The van der Waals surface area contributed by atoms with Crippen LogP contribution in [0.1, 0.15) is 12.0 Å². The Morgan fingerprint density at radius 1 is 1.31 bits per heavy atom. The van der Waals surface area contributed by atoms with Crippen LogP contribution in [0.25, 0.3) is 0 Å². The maximum Gasteiger partial charge on any atom is 0.268 e. The lowest BCUT2D eigenvalue weighted by atomic mass is 10.3. The van der Waals surface area contributed by atoms with Crippen LogP contribution in [0, 0.1) is 11.9 Å². The number of rotatable bonds is 2. The molecule has 0 amide bonds. The Balaban J connectivity index is 3.22. The number of ether oxygens (including phenoxy) is 1. The van der Waals surface area contributed by atoms with Crippen LogP contribution in [-0.4, -0.2) is 12.1 Å². The lowest BCUT2D eigenvalue weighted by Crippen LogP contribution is -2.00. The molecular formula is C7H5F4NO. The summed E-state index contributed by atoms with van der Waals surface area (Å²) in [6.07, 6.45) is -3.04. The highest BCUT2D eigenvalue weighted by molar-refractivity contribution is 5.26. The number of pyridine rings is 1. The molecule has 0 fully saturated rings. The Labute approximate surface area is 71.2 Å². The van der Waals surface area contributed by atoms with Crippen molar-refractivity contribution in [2.75, 3.05) is 7.11 Å². The molecule has 0 aromatic carbocycles. The molecule has 0 aliphatic heterocycles. The normalized spacial score (nSPS) is 10.6. The molecule has 0 spiro atoms. The molecule has 0 unspecified atom stereocenters. The van der Waals surface area contributed by atoms with Crippen LogP contribution >= 0.6 is 0 Å². The summed E-state index contributed by atoms with van der Waals surface area (Å²) in [5, 5.41) is 0. The minimum absolute atomic E-state index is 0.503. The van der Waals surface area contributed by atoms with Crippen LogP contribution in [-0.2, 0) is 0 Å². The zero-order valence-electron chi connectivity index (χ0n) is 6.52. The number of methoxy groups -OCH3 is 1. The molecule has 0 saturated carbocycles. The zero-order valence-corrected chi connectivity index (χ0v) is 6.52. The molecule has 0 radical (unpaired) electrons. The number of nitrogens with zero attached hydrogens (tertiary/aromatic N) is 1. The number of aromatic nitrogens is 1. The van der Waals surface area contributed by atoms with Gasteiger partial charge in [0.05, 0.1) is 12.7 Å². The fourth-order valence-electron chi connectivity index (χ4n) is 0.762. The van der Waals surface area contributed by atoms with E-state index in [9.17, 15) is 17.6 Å². The molecule has 0 N–H and O–H groups in total. The second-order valence-corrected chi connectivity index (χ2v) is 2.16. The standard InChI is InChI=1S/C7H5F4NO/c1-13-4-2-3(5(8)9)6(10)12-7(4)11/h2,5H,1H3. The quantitative estimate of drug-likeness (QED) is 0.533. The Morgan fingerprint density at radius 3 is 2.38 bits per heavy atom. The molecule has 1 heterocycles. The maximum atomic E-state index is 12.6. The van der Waals surface area contributed by atoms with E-state index in [1.165, 1.54) is 0 Å². The van der Waals surface area contributed by atoms with Gasteiger partial charge in [0.15, 0.2) is 5.75 Å². The van der Waals surface area contributed by atoms with Gasteiger partial charge in [-0.25, -0.2) is 8.78 Å². The molecule has 0 atom stereocenters. The molecule has 0 bridgehead atoms. The summed E-state index contributed by atoms with van der Waals surface area (Å²) >= 11 is 0. The molecule has 72 valence electrons. The van der Waals surface area contributed by atoms with E-state index >= 15 is 0 Å². The summed E-state index contributed by atoms with van der Waals surface area (Å²) in [6, 6.07) is 0.586. The van der Waals surface area contributed by atoms with Crippen molar-refractivity contribution in [2.45, 2.75) is 6.43 Å². The highest BCUT2D eigenvalue weighted by Gasteiger charge is 2.18. The average molecular weight is 195 g/mol. The number of hydrogen-bond donors (Lipinski definition) is 0. The van der Waals surface area contributed by atoms with Gasteiger partial charge in [0, 0.05) is 0 Å². The van der Waals surface area contributed by atoms with Crippen LogP contribution in [0.2, 0.25) is 0 Å². The first-order chi connectivity index (χ1) is 6.06. The molecule has 2 nitrogen and oxygen atoms in total. The molecule has 0 aliphatic carbocycles. The molecule has 1 rings (SSSR count). The van der Waals surface area contributed by atoms with Gasteiger partial charge in [-0.3, -0.25) is 0 Å². The van der Waals surface area contributed by atoms with E-state index in [1.54, 1.807) is 0 Å². The van der Waals surface area contributed by atoms with Crippen LogP contribution in [0.4, 0.5) is 17.6 Å². The van der Waals surface area contributed by atoms with E-state index in [1.807, 2.05) is 0 Å². The molecule has 0 saturated heterocycles. The smallest absolute Gasteiger partial charge is 0.268 e. The third kappa shape index (κ3) is 1.88.